The lowest BCUT2D eigenvalue weighted by molar-refractivity contribution is 0.0684. The molecule has 0 radical (unpaired) electrons. The van der Waals surface area contributed by atoms with E-state index in [1.165, 1.54) is 35.7 Å². The van der Waals surface area contributed by atoms with Crippen LogP contribution in [0.3, 0.4) is 0 Å². The molecule has 0 spiro atoms. The Bertz CT molecular complexity index is 2790. The molecule has 0 amide bonds. The van der Waals surface area contributed by atoms with Gasteiger partial charge in [0.1, 0.15) is 22.8 Å². The third kappa shape index (κ3) is 11.0. The lowest BCUT2D eigenvalue weighted by Gasteiger charge is -2.36. The number of carboxylic acids is 2. The molecular weight excluding hydrogens is 910 g/mol. The van der Waals surface area contributed by atoms with E-state index in [9.17, 15) is 29.4 Å². The van der Waals surface area contributed by atoms with Gasteiger partial charge < -0.3 is 38.6 Å². The molecule has 4 aliphatic rings. The van der Waals surface area contributed by atoms with Crippen molar-refractivity contribution in [3.8, 4) is 0 Å². The number of benzene rings is 4. The topological polar surface area (TPSA) is 150 Å². The number of pyridine rings is 2. The molecule has 69 heavy (non-hydrogen) atoms. The number of ether oxygens (including phenoxy) is 2. The minimum absolute atomic E-state index is 0. The Hall–Kier alpha value is -6.17. The van der Waals surface area contributed by atoms with Crippen molar-refractivity contribution in [2.45, 2.75) is 64.1 Å². The van der Waals surface area contributed by atoms with Gasteiger partial charge in [-0.1, -0.05) is 48.5 Å². The maximum absolute atomic E-state index is 15.2. The lowest BCUT2D eigenvalue weighted by atomic mass is 10.1. The van der Waals surface area contributed by atoms with Gasteiger partial charge in [-0.2, -0.15) is 0 Å². The van der Waals surface area contributed by atoms with Gasteiger partial charge in [-0.05, 0) is 72.2 Å². The number of hydrogen-bond acceptors (Lipinski definition) is 10. The molecule has 2 aliphatic carbocycles. The van der Waals surface area contributed by atoms with Crippen LogP contribution in [-0.4, -0.2) is 108 Å². The van der Waals surface area contributed by atoms with Gasteiger partial charge in [-0.25, -0.2) is 18.4 Å². The summed E-state index contributed by atoms with van der Waals surface area (Å²) in [6, 6.07) is 22.9. The first kappa shape index (κ1) is 49.3. The van der Waals surface area contributed by atoms with E-state index in [1.54, 1.807) is 26.4 Å². The zero-order chi connectivity index (χ0) is 47.6. The predicted octanol–water partition coefficient (Wildman–Crippen LogP) is 7.71. The molecule has 2 aliphatic heterocycles. The van der Waals surface area contributed by atoms with E-state index in [1.807, 2.05) is 43.2 Å². The molecule has 10 rings (SSSR count). The Balaban J connectivity index is 0.000000183. The smallest absolute Gasteiger partial charge is 0.341 e. The molecule has 4 heterocycles. The van der Waals surface area contributed by atoms with E-state index in [0.29, 0.717) is 61.8 Å². The number of hydrogen-bond donors (Lipinski definition) is 2. The van der Waals surface area contributed by atoms with Gasteiger partial charge in [0.2, 0.25) is 10.9 Å². The highest BCUT2D eigenvalue weighted by Crippen LogP contribution is 2.39. The Kier molecular flexibility index (Phi) is 15.2. The van der Waals surface area contributed by atoms with Crippen molar-refractivity contribution in [1.82, 2.24) is 18.9 Å². The van der Waals surface area contributed by atoms with Crippen LogP contribution >= 0.6 is 12.4 Å². The normalized spacial score (nSPS) is 16.6. The summed E-state index contributed by atoms with van der Waals surface area (Å²) in [5.74, 6) is -3.55. The van der Waals surface area contributed by atoms with Crippen molar-refractivity contribution >= 4 is 57.5 Å². The standard InChI is InChI=1S/2C26H28FN3O4.ClH/c2*1-34-16-18-4-2-3-17(11-18)14-28-7-9-29(10-8-28)24-13-23-20(12-22(24)27)25(31)21(26(32)33)15-30(23)19-5-6-19;/h2*2-4,11-13,15,19H,5-10,14,16H2,1H3,(H,32,33);1H. The zero-order valence-electron chi connectivity index (χ0n) is 38.7. The first-order chi connectivity index (χ1) is 32.9. The first-order valence-corrected chi connectivity index (χ1v) is 23.2. The number of anilines is 2. The fourth-order valence-electron chi connectivity index (χ4n) is 9.60. The van der Waals surface area contributed by atoms with Gasteiger partial charge in [-0.15, -0.1) is 12.4 Å². The van der Waals surface area contributed by atoms with Crippen molar-refractivity contribution in [3.63, 3.8) is 0 Å². The molecule has 364 valence electrons. The summed E-state index contributed by atoms with van der Waals surface area (Å²) in [7, 11) is 3.37. The third-order valence-electron chi connectivity index (χ3n) is 13.4. The highest BCUT2D eigenvalue weighted by atomic mass is 35.5. The second kappa shape index (κ2) is 21.2. The van der Waals surface area contributed by atoms with E-state index in [2.05, 4.69) is 34.1 Å². The molecule has 4 fully saturated rings. The van der Waals surface area contributed by atoms with Crippen molar-refractivity contribution in [3.05, 3.63) is 151 Å². The van der Waals surface area contributed by atoms with Gasteiger partial charge in [0.05, 0.1) is 35.6 Å². The molecule has 0 atom stereocenters. The Morgan fingerprint density at radius 3 is 1.26 bits per heavy atom. The second-order valence-electron chi connectivity index (χ2n) is 18.3. The van der Waals surface area contributed by atoms with Crippen molar-refractivity contribution in [2.24, 2.45) is 0 Å². The number of halogens is 3. The molecule has 0 bridgehead atoms. The number of fused-ring (bicyclic) bond motifs is 2. The summed E-state index contributed by atoms with van der Waals surface area (Å²) < 4.78 is 44.5. The molecule has 2 saturated carbocycles. The monoisotopic (exact) mass is 966 g/mol. The molecule has 2 saturated heterocycles. The van der Waals surface area contributed by atoms with Gasteiger partial charge >= 0.3 is 11.9 Å². The number of aromatic nitrogens is 2. The lowest BCUT2D eigenvalue weighted by Crippen LogP contribution is -2.46. The Labute approximate surface area is 404 Å². The van der Waals surface area contributed by atoms with Crippen LogP contribution < -0.4 is 20.7 Å². The van der Waals surface area contributed by atoms with E-state index in [-0.39, 0.29) is 46.4 Å². The van der Waals surface area contributed by atoms with Crippen molar-refractivity contribution in [1.29, 1.82) is 0 Å². The first-order valence-electron chi connectivity index (χ1n) is 23.2. The largest absolute Gasteiger partial charge is 0.477 e. The quantitative estimate of drug-likeness (QED) is 0.110. The number of carboxylic acid groups (broad SMARTS) is 2. The summed E-state index contributed by atoms with van der Waals surface area (Å²) in [5.41, 5.74) is 4.98. The Morgan fingerprint density at radius 2 is 0.928 bits per heavy atom. The van der Waals surface area contributed by atoms with Crippen molar-refractivity contribution in [2.75, 3.05) is 76.4 Å². The van der Waals surface area contributed by atoms with E-state index in [4.69, 9.17) is 9.47 Å². The summed E-state index contributed by atoms with van der Waals surface area (Å²) in [6.07, 6.45) is 6.54. The number of rotatable bonds is 14. The average Bonchev–Trinajstić information content (AvgIpc) is 4.27. The fraction of sp³-hybridized carbons (Fsp3) is 0.385. The minimum Gasteiger partial charge on any atom is -0.477 e. The number of nitrogens with zero attached hydrogens (tertiary/aromatic N) is 6. The van der Waals surface area contributed by atoms with Gasteiger partial charge in [0, 0.05) is 115 Å². The van der Waals surface area contributed by atoms with E-state index < -0.39 is 34.4 Å². The van der Waals surface area contributed by atoms with Gasteiger partial charge in [-0.3, -0.25) is 19.4 Å². The zero-order valence-corrected chi connectivity index (χ0v) is 39.6. The Morgan fingerprint density at radius 1 is 0.565 bits per heavy atom. The molecular formula is C52H57ClF2N6O8. The van der Waals surface area contributed by atoms with Crippen LogP contribution in [0.2, 0.25) is 0 Å². The van der Waals surface area contributed by atoms with E-state index >= 15 is 8.78 Å². The molecule has 0 unspecified atom stereocenters. The van der Waals surface area contributed by atoms with E-state index in [0.717, 1.165) is 76.1 Å². The number of carbonyl (C=O) groups is 2. The molecule has 17 heteroatoms. The molecule has 4 aromatic carbocycles. The summed E-state index contributed by atoms with van der Waals surface area (Å²) in [6.45, 7) is 8.66. The third-order valence-corrected chi connectivity index (χ3v) is 13.4. The number of piperazine rings is 2. The summed E-state index contributed by atoms with van der Waals surface area (Å²) in [4.78, 5) is 57.2. The number of methoxy groups -OCH3 is 2. The second-order valence-corrected chi connectivity index (χ2v) is 18.3. The van der Waals surface area contributed by atoms with Crippen LogP contribution in [0, 0.1) is 11.6 Å². The minimum atomic E-state index is -1.28. The fourth-order valence-corrected chi connectivity index (χ4v) is 9.60. The molecule has 2 aromatic heterocycles. The molecule has 6 aromatic rings. The van der Waals surface area contributed by atoms with Gasteiger partial charge in [0.15, 0.2) is 0 Å². The van der Waals surface area contributed by atoms with Crippen LogP contribution in [0.25, 0.3) is 21.8 Å². The molecule has 2 N–H and O–H groups in total. The van der Waals surface area contributed by atoms with Crippen molar-refractivity contribution < 1.29 is 38.1 Å². The summed E-state index contributed by atoms with van der Waals surface area (Å²) in [5, 5.41) is 19.1. The summed E-state index contributed by atoms with van der Waals surface area (Å²) >= 11 is 0. The SMILES string of the molecule is COCc1cccc(CN2CCN(c3cc4c(cc3F)c(=O)c(C(=O)O)cn4C3CC3)CC2)c1.COCc1cccc(CN2CCN(c3cc4c(cc3F)c(=O)c(C(=O)O)cn4C3CC3)CC2)c1.Cl. The maximum atomic E-state index is 15.2. The highest BCUT2D eigenvalue weighted by Gasteiger charge is 2.30. The number of aromatic carboxylic acids is 2. The van der Waals surface area contributed by atoms with Crippen LogP contribution in [0.5, 0.6) is 0 Å². The average molecular weight is 968 g/mol. The van der Waals surface area contributed by atoms with Crippen LogP contribution in [-0.2, 0) is 35.8 Å². The van der Waals surface area contributed by atoms with Crippen LogP contribution in [0.1, 0.15) is 80.7 Å². The van der Waals surface area contributed by atoms with Crippen LogP contribution in [0.15, 0.2) is 94.8 Å². The maximum Gasteiger partial charge on any atom is 0.341 e. The van der Waals surface area contributed by atoms with Gasteiger partial charge in [0.25, 0.3) is 0 Å². The molecule has 14 nitrogen and oxygen atoms in total. The van der Waals surface area contributed by atoms with Crippen LogP contribution in [0.4, 0.5) is 20.2 Å². The predicted molar refractivity (Wildman–Crippen MR) is 263 cm³/mol. The highest BCUT2D eigenvalue weighted by molar-refractivity contribution is 5.94.